The van der Waals surface area contributed by atoms with Gasteiger partial charge in [-0.05, 0) is 55.2 Å². The molecule has 2 aromatic carbocycles. The highest BCUT2D eigenvalue weighted by atomic mass is 35.5. The summed E-state index contributed by atoms with van der Waals surface area (Å²) >= 11 is 5.71. The van der Waals surface area contributed by atoms with Crippen molar-refractivity contribution in [2.24, 2.45) is 5.92 Å². The van der Waals surface area contributed by atoms with E-state index in [-0.39, 0.29) is 40.8 Å². The van der Waals surface area contributed by atoms with Crippen LogP contribution in [0, 0.1) is 11.7 Å². The van der Waals surface area contributed by atoms with Crippen molar-refractivity contribution >= 4 is 27.3 Å². The SMILES string of the molecule is O=C(NCC1CC(S(=O)(=O)c2cccc(C(F)(F)F)c2)C1)c1cc(F)cc(Cl)c1. The molecule has 0 spiro atoms. The van der Waals surface area contributed by atoms with E-state index in [1.165, 1.54) is 6.07 Å². The second kappa shape index (κ2) is 7.95. The van der Waals surface area contributed by atoms with Gasteiger partial charge in [0.05, 0.1) is 15.7 Å². The molecule has 0 bridgehead atoms. The van der Waals surface area contributed by atoms with Crippen LogP contribution in [0.4, 0.5) is 17.6 Å². The maximum absolute atomic E-state index is 13.3. The molecule has 1 aliphatic rings. The minimum Gasteiger partial charge on any atom is -0.352 e. The summed E-state index contributed by atoms with van der Waals surface area (Å²) in [5.41, 5.74) is -0.974. The highest BCUT2D eigenvalue weighted by Gasteiger charge is 2.40. The molecule has 3 rings (SSSR count). The molecule has 1 fully saturated rings. The molecular formula is C19H16ClF4NO3S. The number of amides is 1. The Hall–Kier alpha value is -2.13. The van der Waals surface area contributed by atoms with E-state index < -0.39 is 38.6 Å². The third kappa shape index (κ3) is 4.90. The van der Waals surface area contributed by atoms with Crippen LogP contribution in [0.2, 0.25) is 5.02 Å². The van der Waals surface area contributed by atoms with Crippen LogP contribution in [0.15, 0.2) is 47.4 Å². The lowest BCUT2D eigenvalue weighted by atomic mass is 9.85. The van der Waals surface area contributed by atoms with Crippen LogP contribution in [-0.2, 0) is 16.0 Å². The molecule has 0 radical (unpaired) electrons. The van der Waals surface area contributed by atoms with Crippen molar-refractivity contribution in [1.29, 1.82) is 0 Å². The minimum absolute atomic E-state index is 0.0439. The molecule has 10 heteroatoms. The van der Waals surface area contributed by atoms with Crippen molar-refractivity contribution in [2.45, 2.75) is 29.2 Å². The number of carbonyl (C=O) groups excluding carboxylic acids is 1. The van der Waals surface area contributed by atoms with E-state index in [0.29, 0.717) is 6.07 Å². The van der Waals surface area contributed by atoms with Crippen molar-refractivity contribution in [2.75, 3.05) is 6.54 Å². The van der Waals surface area contributed by atoms with Gasteiger partial charge in [-0.25, -0.2) is 12.8 Å². The summed E-state index contributed by atoms with van der Waals surface area (Å²) < 4.78 is 76.9. The van der Waals surface area contributed by atoms with Gasteiger partial charge < -0.3 is 5.32 Å². The Morgan fingerprint density at radius 1 is 1.14 bits per heavy atom. The molecule has 1 amide bonds. The fraction of sp³-hybridized carbons (Fsp3) is 0.316. The molecule has 0 aromatic heterocycles. The highest BCUT2D eigenvalue weighted by molar-refractivity contribution is 7.92. The number of hydrogen-bond acceptors (Lipinski definition) is 3. The van der Waals surface area contributed by atoms with Gasteiger partial charge in [-0.15, -0.1) is 0 Å². The van der Waals surface area contributed by atoms with E-state index in [1.807, 2.05) is 0 Å². The van der Waals surface area contributed by atoms with Crippen molar-refractivity contribution in [3.05, 3.63) is 64.4 Å². The Labute approximate surface area is 169 Å². The van der Waals surface area contributed by atoms with Crippen molar-refractivity contribution in [1.82, 2.24) is 5.32 Å². The van der Waals surface area contributed by atoms with Gasteiger partial charge in [-0.3, -0.25) is 4.79 Å². The van der Waals surface area contributed by atoms with Gasteiger partial charge in [0.25, 0.3) is 5.91 Å². The van der Waals surface area contributed by atoms with Gasteiger partial charge in [-0.1, -0.05) is 17.7 Å². The zero-order valence-corrected chi connectivity index (χ0v) is 16.4. The van der Waals surface area contributed by atoms with Crippen molar-refractivity contribution in [3.63, 3.8) is 0 Å². The van der Waals surface area contributed by atoms with Gasteiger partial charge in [0.1, 0.15) is 5.82 Å². The van der Waals surface area contributed by atoms with Crippen molar-refractivity contribution in [3.8, 4) is 0 Å². The van der Waals surface area contributed by atoms with E-state index in [9.17, 15) is 30.8 Å². The average molecular weight is 450 g/mol. The molecule has 0 heterocycles. The molecule has 0 unspecified atom stereocenters. The third-order valence-corrected chi connectivity index (χ3v) is 7.19. The lowest BCUT2D eigenvalue weighted by Crippen LogP contribution is -2.42. The number of rotatable bonds is 5. The molecule has 4 nitrogen and oxygen atoms in total. The second-order valence-electron chi connectivity index (χ2n) is 6.90. The topological polar surface area (TPSA) is 63.2 Å². The zero-order valence-electron chi connectivity index (χ0n) is 14.8. The summed E-state index contributed by atoms with van der Waals surface area (Å²) in [4.78, 5) is 11.7. The van der Waals surface area contributed by atoms with E-state index in [4.69, 9.17) is 11.6 Å². The van der Waals surface area contributed by atoms with Gasteiger partial charge in [0, 0.05) is 17.1 Å². The second-order valence-corrected chi connectivity index (χ2v) is 9.56. The number of sulfone groups is 1. The molecule has 29 heavy (non-hydrogen) atoms. The minimum atomic E-state index is -4.63. The predicted octanol–water partition coefficient (Wildman–Crippen LogP) is 4.48. The summed E-state index contributed by atoms with van der Waals surface area (Å²) in [7, 11) is -3.90. The maximum Gasteiger partial charge on any atom is 0.416 e. The molecule has 0 saturated heterocycles. The summed E-state index contributed by atoms with van der Waals surface area (Å²) in [5.74, 6) is -1.34. The molecule has 0 aliphatic heterocycles. The molecular weight excluding hydrogens is 434 g/mol. The fourth-order valence-electron chi connectivity index (χ4n) is 3.16. The van der Waals surface area contributed by atoms with Crippen LogP contribution >= 0.6 is 11.6 Å². The van der Waals surface area contributed by atoms with Crippen molar-refractivity contribution < 1.29 is 30.8 Å². The first-order chi connectivity index (χ1) is 13.5. The summed E-state index contributed by atoms with van der Waals surface area (Å²) in [5, 5.41) is 1.85. The zero-order chi connectivity index (χ0) is 21.4. The Balaban J connectivity index is 1.58. The van der Waals surface area contributed by atoms with Crippen LogP contribution in [0.3, 0.4) is 0 Å². The largest absolute Gasteiger partial charge is 0.416 e. The first-order valence-electron chi connectivity index (χ1n) is 8.62. The van der Waals surface area contributed by atoms with Crippen LogP contribution in [0.1, 0.15) is 28.8 Å². The number of halogens is 5. The van der Waals surface area contributed by atoms with Crippen LogP contribution in [0.25, 0.3) is 0 Å². The lowest BCUT2D eigenvalue weighted by molar-refractivity contribution is -0.137. The van der Waals surface area contributed by atoms with Gasteiger partial charge in [0.2, 0.25) is 0 Å². The number of carbonyl (C=O) groups is 1. The molecule has 156 valence electrons. The summed E-state index contributed by atoms with van der Waals surface area (Å²) in [6.45, 7) is 0.168. The number of benzene rings is 2. The summed E-state index contributed by atoms with van der Waals surface area (Å²) in [6.07, 6.45) is -4.21. The number of nitrogens with one attached hydrogen (secondary N) is 1. The molecule has 1 aliphatic carbocycles. The highest BCUT2D eigenvalue weighted by Crippen LogP contribution is 2.37. The van der Waals surface area contributed by atoms with E-state index >= 15 is 0 Å². The van der Waals surface area contributed by atoms with E-state index in [1.54, 1.807) is 0 Å². The van der Waals surface area contributed by atoms with Gasteiger partial charge in [0.15, 0.2) is 9.84 Å². The van der Waals surface area contributed by atoms with Gasteiger partial charge >= 0.3 is 6.18 Å². The Morgan fingerprint density at radius 2 is 1.83 bits per heavy atom. The van der Waals surface area contributed by atoms with Crippen LogP contribution < -0.4 is 5.32 Å². The Kier molecular flexibility index (Phi) is 5.91. The molecule has 0 atom stereocenters. The quantitative estimate of drug-likeness (QED) is 0.684. The average Bonchev–Trinajstić information content (AvgIpc) is 2.58. The summed E-state index contributed by atoms with van der Waals surface area (Å²) in [6, 6.07) is 7.07. The first-order valence-corrected chi connectivity index (χ1v) is 10.5. The lowest BCUT2D eigenvalue weighted by Gasteiger charge is -2.35. The Bertz CT molecular complexity index is 1010. The standard InChI is InChI=1S/C19H16ClF4NO3S/c20-14-6-12(7-15(21)9-14)18(26)25-10-11-4-17(5-11)29(27,28)16-3-1-2-13(8-16)19(22,23)24/h1-3,6-9,11,17H,4-5,10H2,(H,25,26). The van der Waals surface area contributed by atoms with Gasteiger partial charge in [-0.2, -0.15) is 13.2 Å². The smallest absolute Gasteiger partial charge is 0.352 e. The van der Waals surface area contributed by atoms with E-state index in [2.05, 4.69) is 5.32 Å². The van der Waals surface area contributed by atoms with E-state index in [0.717, 1.165) is 30.3 Å². The van der Waals surface area contributed by atoms with Crippen LogP contribution in [-0.4, -0.2) is 26.1 Å². The molecule has 1 N–H and O–H groups in total. The third-order valence-electron chi connectivity index (χ3n) is 4.80. The van der Waals surface area contributed by atoms with Crippen LogP contribution in [0.5, 0.6) is 0 Å². The normalized spacial score (nSPS) is 19.5. The first kappa shape index (κ1) is 21.6. The maximum atomic E-state index is 13.3. The Morgan fingerprint density at radius 3 is 2.45 bits per heavy atom. The number of alkyl halides is 3. The molecule has 2 aromatic rings. The fourth-order valence-corrected chi connectivity index (χ4v) is 5.38. The number of hydrogen-bond donors (Lipinski definition) is 1. The predicted molar refractivity (Wildman–Crippen MR) is 98.9 cm³/mol. The monoisotopic (exact) mass is 449 g/mol. The molecule has 1 saturated carbocycles.